The zero-order valence-corrected chi connectivity index (χ0v) is 19.3. The van der Waals surface area contributed by atoms with Crippen molar-refractivity contribution >= 4 is 17.4 Å². The first-order valence-electron chi connectivity index (χ1n) is 10.9. The van der Waals surface area contributed by atoms with Crippen molar-refractivity contribution in [2.45, 2.75) is 46.3 Å². The van der Waals surface area contributed by atoms with Gasteiger partial charge in [-0.1, -0.05) is 36.4 Å². The third-order valence-corrected chi connectivity index (χ3v) is 5.53. The van der Waals surface area contributed by atoms with Crippen molar-refractivity contribution in [2.24, 2.45) is 0 Å². The third-order valence-electron chi connectivity index (χ3n) is 5.53. The Morgan fingerprint density at radius 2 is 1.81 bits per heavy atom. The van der Waals surface area contributed by atoms with Crippen LogP contribution in [0.4, 0.5) is 0 Å². The van der Waals surface area contributed by atoms with E-state index in [9.17, 15) is 14.7 Å². The maximum Gasteiger partial charge on any atom is 0.295 e. The van der Waals surface area contributed by atoms with Crippen LogP contribution in [0.2, 0.25) is 0 Å². The summed E-state index contributed by atoms with van der Waals surface area (Å²) >= 11 is 0. The number of amides is 1. The summed E-state index contributed by atoms with van der Waals surface area (Å²) in [5, 5.41) is 11.3. The van der Waals surface area contributed by atoms with Gasteiger partial charge >= 0.3 is 0 Å². The van der Waals surface area contributed by atoms with Crippen LogP contribution in [0.5, 0.6) is 5.75 Å². The Balaban J connectivity index is 2.11. The van der Waals surface area contributed by atoms with Gasteiger partial charge < -0.3 is 19.5 Å². The lowest BCUT2D eigenvalue weighted by Gasteiger charge is -2.25. The lowest BCUT2D eigenvalue weighted by Crippen LogP contribution is -2.31. The molecule has 6 heteroatoms. The Morgan fingerprint density at radius 1 is 1.12 bits per heavy atom. The van der Waals surface area contributed by atoms with Gasteiger partial charge in [0.1, 0.15) is 11.5 Å². The average molecular weight is 438 g/mol. The minimum atomic E-state index is -0.692. The molecule has 6 nitrogen and oxygen atoms in total. The van der Waals surface area contributed by atoms with E-state index in [1.807, 2.05) is 64.1 Å². The highest BCUT2D eigenvalue weighted by atomic mass is 16.5. The largest absolute Gasteiger partial charge is 0.507 e. The molecule has 1 unspecified atom stereocenters. The summed E-state index contributed by atoms with van der Waals surface area (Å²) in [6.07, 6.45) is 0.675. The van der Waals surface area contributed by atoms with E-state index in [4.69, 9.17) is 9.47 Å². The van der Waals surface area contributed by atoms with Gasteiger partial charge in [0.15, 0.2) is 0 Å². The number of aliphatic hydroxyl groups excluding tert-OH is 1. The zero-order valence-electron chi connectivity index (χ0n) is 19.3. The molecule has 0 aromatic heterocycles. The number of hydrogen-bond acceptors (Lipinski definition) is 5. The highest BCUT2D eigenvalue weighted by Gasteiger charge is 2.46. The topological polar surface area (TPSA) is 76.1 Å². The highest BCUT2D eigenvalue weighted by Crippen LogP contribution is 2.41. The Labute approximate surface area is 189 Å². The molecular weight excluding hydrogens is 406 g/mol. The van der Waals surface area contributed by atoms with Crippen LogP contribution < -0.4 is 4.74 Å². The van der Waals surface area contributed by atoms with Crippen LogP contribution in [0.3, 0.4) is 0 Å². The first-order valence-corrected chi connectivity index (χ1v) is 10.9. The predicted molar refractivity (Wildman–Crippen MR) is 124 cm³/mol. The van der Waals surface area contributed by atoms with Gasteiger partial charge in [0, 0.05) is 13.2 Å². The summed E-state index contributed by atoms with van der Waals surface area (Å²) in [7, 11) is 1.52. The molecule has 2 aromatic carbocycles. The van der Waals surface area contributed by atoms with Crippen LogP contribution in [0.25, 0.3) is 5.76 Å². The van der Waals surface area contributed by atoms with Crippen molar-refractivity contribution in [3.63, 3.8) is 0 Å². The van der Waals surface area contributed by atoms with E-state index in [0.29, 0.717) is 30.9 Å². The molecule has 1 saturated heterocycles. The number of rotatable bonds is 8. The number of ether oxygens (including phenoxy) is 2. The van der Waals surface area contributed by atoms with Crippen molar-refractivity contribution in [3.05, 3.63) is 70.3 Å². The lowest BCUT2D eigenvalue weighted by molar-refractivity contribution is -0.140. The molecule has 0 radical (unpaired) electrons. The fraction of sp³-hybridized carbons (Fsp3) is 0.385. The van der Waals surface area contributed by atoms with Crippen LogP contribution >= 0.6 is 0 Å². The predicted octanol–water partition coefficient (Wildman–Crippen LogP) is 4.55. The van der Waals surface area contributed by atoms with Crippen molar-refractivity contribution in [1.82, 2.24) is 4.90 Å². The number of carbonyl (C=O) groups excluding carboxylic acids is 2. The van der Waals surface area contributed by atoms with E-state index in [-0.39, 0.29) is 17.4 Å². The second kappa shape index (κ2) is 10.0. The van der Waals surface area contributed by atoms with Gasteiger partial charge in [0.05, 0.1) is 30.4 Å². The minimum absolute atomic E-state index is 0.0780. The van der Waals surface area contributed by atoms with Crippen molar-refractivity contribution in [1.29, 1.82) is 0 Å². The number of methoxy groups -OCH3 is 1. The Bertz CT molecular complexity index is 1030. The molecule has 1 fully saturated rings. The molecule has 0 bridgehead atoms. The van der Waals surface area contributed by atoms with E-state index in [2.05, 4.69) is 0 Å². The Hall–Kier alpha value is -3.12. The summed E-state index contributed by atoms with van der Waals surface area (Å²) in [5.41, 5.74) is 3.01. The summed E-state index contributed by atoms with van der Waals surface area (Å²) in [6.45, 7) is 8.52. The number of benzene rings is 2. The molecule has 0 saturated carbocycles. The second-order valence-electron chi connectivity index (χ2n) is 8.34. The van der Waals surface area contributed by atoms with Crippen LogP contribution in [0, 0.1) is 13.8 Å². The van der Waals surface area contributed by atoms with E-state index in [1.165, 1.54) is 12.0 Å². The van der Waals surface area contributed by atoms with Gasteiger partial charge in [-0.15, -0.1) is 0 Å². The monoisotopic (exact) mass is 437 g/mol. The molecule has 0 aliphatic carbocycles. The lowest BCUT2D eigenvalue weighted by atomic mass is 9.93. The SMILES string of the molecule is COc1c(C)cc(C)cc1/C(O)=C1\C(=O)C(=O)N(CCCOC(C)C)C1c1ccccc1. The van der Waals surface area contributed by atoms with E-state index < -0.39 is 17.7 Å². The average Bonchev–Trinajstić information content (AvgIpc) is 3.01. The van der Waals surface area contributed by atoms with Crippen molar-refractivity contribution in [3.8, 4) is 5.75 Å². The first kappa shape index (κ1) is 23.5. The van der Waals surface area contributed by atoms with Crippen LogP contribution in [0.1, 0.15) is 48.6 Å². The number of aryl methyl sites for hydroxylation is 2. The Kier molecular flexibility index (Phi) is 7.36. The molecule has 32 heavy (non-hydrogen) atoms. The molecule has 3 rings (SSSR count). The van der Waals surface area contributed by atoms with Crippen LogP contribution in [-0.4, -0.2) is 48.1 Å². The number of carbonyl (C=O) groups is 2. The minimum Gasteiger partial charge on any atom is -0.507 e. The fourth-order valence-electron chi connectivity index (χ4n) is 4.19. The van der Waals surface area contributed by atoms with Crippen LogP contribution in [-0.2, 0) is 14.3 Å². The van der Waals surface area contributed by atoms with E-state index in [0.717, 1.165) is 16.7 Å². The summed E-state index contributed by atoms with van der Waals surface area (Å²) < 4.78 is 11.1. The zero-order chi connectivity index (χ0) is 23.4. The van der Waals surface area contributed by atoms with Crippen molar-refractivity contribution < 1.29 is 24.2 Å². The maximum absolute atomic E-state index is 13.1. The number of Topliss-reactive ketones (excluding diaryl/α,β-unsaturated/α-hetero) is 1. The number of likely N-dealkylation sites (tertiary alicyclic amines) is 1. The number of ketones is 1. The first-order chi connectivity index (χ1) is 15.3. The molecule has 1 amide bonds. The van der Waals surface area contributed by atoms with Gasteiger partial charge in [-0.3, -0.25) is 9.59 Å². The molecule has 1 atom stereocenters. The normalized spacial score (nSPS) is 17.9. The summed E-state index contributed by atoms with van der Waals surface area (Å²) in [6, 6.07) is 12.3. The molecule has 1 aliphatic heterocycles. The highest BCUT2D eigenvalue weighted by molar-refractivity contribution is 6.46. The fourth-order valence-corrected chi connectivity index (χ4v) is 4.19. The number of nitrogens with zero attached hydrogens (tertiary/aromatic N) is 1. The van der Waals surface area contributed by atoms with Gasteiger partial charge in [0.25, 0.3) is 11.7 Å². The molecule has 0 spiro atoms. The molecular formula is C26H31NO5. The van der Waals surface area contributed by atoms with E-state index in [1.54, 1.807) is 6.07 Å². The van der Waals surface area contributed by atoms with Crippen LogP contribution in [0.15, 0.2) is 48.0 Å². The second-order valence-corrected chi connectivity index (χ2v) is 8.34. The standard InChI is InChI=1S/C26H31NO5/c1-16(2)32-13-9-12-27-22(19-10-7-6-8-11-19)21(24(29)26(27)30)23(28)20-15-17(3)14-18(4)25(20)31-5/h6-8,10-11,14-16,22,28H,9,12-13H2,1-5H3/b23-21+. The summed E-state index contributed by atoms with van der Waals surface area (Å²) in [4.78, 5) is 27.7. The van der Waals surface area contributed by atoms with Gasteiger partial charge in [-0.25, -0.2) is 0 Å². The Morgan fingerprint density at radius 3 is 2.44 bits per heavy atom. The quantitative estimate of drug-likeness (QED) is 0.284. The molecule has 1 heterocycles. The molecule has 1 aliphatic rings. The summed E-state index contributed by atoms with van der Waals surface area (Å²) in [5.74, 6) is -1.05. The third kappa shape index (κ3) is 4.70. The smallest absolute Gasteiger partial charge is 0.295 e. The van der Waals surface area contributed by atoms with E-state index >= 15 is 0 Å². The molecule has 170 valence electrons. The van der Waals surface area contributed by atoms with Gasteiger partial charge in [0.2, 0.25) is 0 Å². The molecule has 2 aromatic rings. The van der Waals surface area contributed by atoms with Gasteiger partial charge in [-0.05, 0) is 56.9 Å². The van der Waals surface area contributed by atoms with Gasteiger partial charge in [-0.2, -0.15) is 0 Å². The number of aliphatic hydroxyl groups is 1. The molecule has 1 N–H and O–H groups in total. The maximum atomic E-state index is 13.1. The van der Waals surface area contributed by atoms with Crippen molar-refractivity contribution in [2.75, 3.05) is 20.3 Å². The number of hydrogen-bond donors (Lipinski definition) is 1.